The first-order chi connectivity index (χ1) is 13.6. The van der Waals surface area contributed by atoms with Crippen LogP contribution >= 0.6 is 11.8 Å². The summed E-state index contributed by atoms with van der Waals surface area (Å²) in [5.74, 6) is 1.86. The average Bonchev–Trinajstić information content (AvgIpc) is 3.27. The number of anilines is 1. The second-order valence-electron chi connectivity index (χ2n) is 6.36. The minimum absolute atomic E-state index is 0.196. The van der Waals surface area contributed by atoms with E-state index in [1.54, 1.807) is 50.1 Å². The molecule has 2 saturated heterocycles. The van der Waals surface area contributed by atoms with Crippen LogP contribution in [0.4, 0.5) is 10.5 Å². The minimum Gasteiger partial charge on any atom is -0.493 e. The van der Waals surface area contributed by atoms with Gasteiger partial charge in [-0.2, -0.15) is 0 Å². The summed E-state index contributed by atoms with van der Waals surface area (Å²) >= 11 is 1.55. The molecule has 1 unspecified atom stereocenters. The van der Waals surface area contributed by atoms with Crippen molar-refractivity contribution >= 4 is 29.4 Å². The highest BCUT2D eigenvalue weighted by Crippen LogP contribution is 2.49. The first-order valence-electron chi connectivity index (χ1n) is 8.73. The Balaban J connectivity index is 1.72. The van der Waals surface area contributed by atoms with Crippen LogP contribution in [0.5, 0.6) is 17.2 Å². The van der Waals surface area contributed by atoms with Crippen LogP contribution in [0.1, 0.15) is 10.9 Å². The molecule has 0 aromatic heterocycles. The molecule has 2 aliphatic rings. The molecule has 0 radical (unpaired) electrons. The fourth-order valence-corrected chi connectivity index (χ4v) is 5.00. The van der Waals surface area contributed by atoms with Gasteiger partial charge in [0.2, 0.25) is 5.75 Å². The number of rotatable bonds is 5. The standard InChI is InChI=1S/C20H20N2O5S/c1-25-15-9-12(10-16(26-2)17(15)27-3)19-22-14(11-28-19)18(23)21(20(22)24)13-7-5-4-6-8-13/h4-10,14,19H,11H2,1-3H3/t14-,19?/m0/s1. The largest absolute Gasteiger partial charge is 0.493 e. The lowest BCUT2D eigenvalue weighted by Gasteiger charge is -2.24. The Kier molecular flexibility index (Phi) is 4.80. The van der Waals surface area contributed by atoms with E-state index >= 15 is 0 Å². The molecule has 2 aromatic rings. The smallest absolute Gasteiger partial charge is 0.333 e. The number of benzene rings is 2. The number of methoxy groups -OCH3 is 3. The van der Waals surface area contributed by atoms with E-state index in [1.165, 1.54) is 4.90 Å². The SMILES string of the molecule is COc1cc(C2SC[C@H]3C(=O)N(c4ccccc4)C(=O)N23)cc(OC)c1OC. The van der Waals surface area contributed by atoms with Gasteiger partial charge in [-0.3, -0.25) is 9.69 Å². The molecule has 0 N–H and O–H groups in total. The summed E-state index contributed by atoms with van der Waals surface area (Å²) in [6.45, 7) is 0. The van der Waals surface area contributed by atoms with Gasteiger partial charge in [-0.15, -0.1) is 11.8 Å². The van der Waals surface area contributed by atoms with Crippen molar-refractivity contribution in [1.29, 1.82) is 0 Å². The van der Waals surface area contributed by atoms with Crippen molar-refractivity contribution in [3.8, 4) is 17.2 Å². The third kappa shape index (κ3) is 2.75. The molecule has 2 aromatic carbocycles. The second kappa shape index (κ2) is 7.27. The van der Waals surface area contributed by atoms with Gasteiger partial charge in [0.1, 0.15) is 11.4 Å². The summed E-state index contributed by atoms with van der Waals surface area (Å²) in [4.78, 5) is 28.9. The maximum absolute atomic E-state index is 13.1. The fraction of sp³-hybridized carbons (Fsp3) is 0.300. The molecule has 0 saturated carbocycles. The molecule has 0 aliphatic carbocycles. The van der Waals surface area contributed by atoms with Gasteiger partial charge in [-0.1, -0.05) is 18.2 Å². The molecule has 2 heterocycles. The Labute approximate surface area is 167 Å². The fourth-order valence-electron chi connectivity index (χ4n) is 3.60. The molecule has 0 spiro atoms. The summed E-state index contributed by atoms with van der Waals surface area (Å²) in [7, 11) is 4.64. The van der Waals surface area contributed by atoms with Crippen molar-refractivity contribution in [2.45, 2.75) is 11.4 Å². The quantitative estimate of drug-likeness (QED) is 0.718. The Morgan fingerprint density at radius 2 is 1.61 bits per heavy atom. The predicted octanol–water partition coefficient (Wildman–Crippen LogP) is 3.30. The van der Waals surface area contributed by atoms with E-state index in [9.17, 15) is 9.59 Å². The van der Waals surface area contributed by atoms with Crippen LogP contribution in [0.25, 0.3) is 0 Å². The van der Waals surface area contributed by atoms with Gasteiger partial charge >= 0.3 is 6.03 Å². The third-order valence-corrected chi connectivity index (χ3v) is 6.23. The van der Waals surface area contributed by atoms with E-state index in [4.69, 9.17) is 14.2 Å². The predicted molar refractivity (Wildman–Crippen MR) is 106 cm³/mol. The Morgan fingerprint density at radius 1 is 0.964 bits per heavy atom. The molecule has 28 heavy (non-hydrogen) atoms. The summed E-state index contributed by atoms with van der Waals surface area (Å²) in [5, 5.41) is -0.316. The van der Waals surface area contributed by atoms with E-state index < -0.39 is 6.04 Å². The monoisotopic (exact) mass is 400 g/mol. The lowest BCUT2D eigenvalue weighted by Crippen LogP contribution is -2.33. The number of imide groups is 1. The molecular weight excluding hydrogens is 380 g/mol. The summed E-state index contributed by atoms with van der Waals surface area (Å²) < 4.78 is 16.2. The van der Waals surface area contributed by atoms with Gasteiger partial charge in [0.15, 0.2) is 11.5 Å². The Bertz CT molecular complexity index is 895. The summed E-state index contributed by atoms with van der Waals surface area (Å²) in [5.41, 5.74) is 1.40. The topological polar surface area (TPSA) is 68.3 Å². The van der Waals surface area contributed by atoms with Gasteiger partial charge in [0, 0.05) is 5.75 Å². The van der Waals surface area contributed by atoms with Crippen LogP contribution < -0.4 is 19.1 Å². The van der Waals surface area contributed by atoms with Gasteiger partial charge in [-0.25, -0.2) is 9.69 Å². The highest BCUT2D eigenvalue weighted by Gasteiger charge is 2.53. The first-order valence-corrected chi connectivity index (χ1v) is 9.78. The Hall–Kier alpha value is -2.87. The van der Waals surface area contributed by atoms with E-state index in [-0.39, 0.29) is 17.3 Å². The van der Waals surface area contributed by atoms with Crippen LogP contribution in [0.2, 0.25) is 0 Å². The van der Waals surface area contributed by atoms with E-state index in [0.717, 1.165) is 5.56 Å². The van der Waals surface area contributed by atoms with Crippen molar-refractivity contribution in [3.05, 3.63) is 48.0 Å². The number of thioether (sulfide) groups is 1. The van der Waals surface area contributed by atoms with Gasteiger partial charge in [0.05, 0.1) is 27.0 Å². The number of ether oxygens (including phenoxy) is 3. The van der Waals surface area contributed by atoms with Crippen LogP contribution in [0.15, 0.2) is 42.5 Å². The molecule has 8 heteroatoms. The third-order valence-electron chi connectivity index (χ3n) is 4.90. The van der Waals surface area contributed by atoms with E-state index in [1.807, 2.05) is 30.3 Å². The molecule has 0 bridgehead atoms. The number of hydrogen-bond acceptors (Lipinski definition) is 6. The van der Waals surface area contributed by atoms with Crippen molar-refractivity contribution in [2.75, 3.05) is 32.0 Å². The van der Waals surface area contributed by atoms with Gasteiger partial charge < -0.3 is 14.2 Å². The lowest BCUT2D eigenvalue weighted by atomic mass is 10.1. The van der Waals surface area contributed by atoms with Crippen molar-refractivity contribution in [2.24, 2.45) is 0 Å². The summed E-state index contributed by atoms with van der Waals surface area (Å²) in [6.07, 6.45) is 0. The molecule has 7 nitrogen and oxygen atoms in total. The number of urea groups is 1. The molecule has 2 fully saturated rings. The lowest BCUT2D eigenvalue weighted by molar-refractivity contribution is -0.119. The maximum atomic E-state index is 13.1. The zero-order valence-corrected chi connectivity index (χ0v) is 16.6. The van der Waals surface area contributed by atoms with Crippen LogP contribution in [-0.2, 0) is 4.79 Å². The zero-order valence-electron chi connectivity index (χ0n) is 15.7. The Morgan fingerprint density at radius 3 is 2.18 bits per heavy atom. The number of nitrogens with zero attached hydrogens (tertiary/aromatic N) is 2. The number of para-hydroxylation sites is 1. The van der Waals surface area contributed by atoms with E-state index in [0.29, 0.717) is 28.7 Å². The summed E-state index contributed by atoms with van der Waals surface area (Å²) in [6, 6.07) is 11.8. The highest BCUT2D eigenvalue weighted by molar-refractivity contribution is 7.99. The molecule has 3 amide bonds. The number of fused-ring (bicyclic) bond motifs is 1. The molecule has 146 valence electrons. The maximum Gasteiger partial charge on any atom is 0.333 e. The molecule has 4 rings (SSSR count). The van der Waals surface area contributed by atoms with Crippen molar-refractivity contribution in [1.82, 2.24) is 4.90 Å². The van der Waals surface area contributed by atoms with Crippen molar-refractivity contribution in [3.63, 3.8) is 0 Å². The molecule has 2 atom stereocenters. The average molecular weight is 400 g/mol. The normalized spacial score (nSPS) is 21.1. The number of amides is 3. The van der Waals surface area contributed by atoms with Gasteiger partial charge in [0.25, 0.3) is 5.91 Å². The molecular formula is C20H20N2O5S. The van der Waals surface area contributed by atoms with Crippen molar-refractivity contribution < 1.29 is 23.8 Å². The second-order valence-corrected chi connectivity index (χ2v) is 7.47. The number of carbonyl (C=O) groups excluding carboxylic acids is 2. The number of hydrogen-bond donors (Lipinski definition) is 0. The zero-order chi connectivity index (χ0) is 19.8. The minimum atomic E-state index is -0.484. The number of carbonyl (C=O) groups is 2. The first kappa shape index (κ1) is 18.5. The van der Waals surface area contributed by atoms with Crippen LogP contribution in [-0.4, -0.2) is 50.0 Å². The van der Waals surface area contributed by atoms with Crippen LogP contribution in [0.3, 0.4) is 0 Å². The highest BCUT2D eigenvalue weighted by atomic mass is 32.2. The van der Waals surface area contributed by atoms with E-state index in [2.05, 4.69) is 0 Å². The molecule has 2 aliphatic heterocycles. The van der Waals surface area contributed by atoms with Gasteiger partial charge in [-0.05, 0) is 29.8 Å². The van der Waals surface area contributed by atoms with Crippen LogP contribution in [0, 0.1) is 0 Å².